The van der Waals surface area contributed by atoms with Gasteiger partial charge >= 0.3 is 0 Å². The normalized spacial score (nSPS) is 37.5. The summed E-state index contributed by atoms with van der Waals surface area (Å²) in [7, 11) is 0. The number of aliphatic hydroxyl groups excluding tert-OH is 2. The van der Waals surface area contributed by atoms with E-state index in [1.54, 1.807) is 0 Å². The maximum Gasteiger partial charge on any atom is 0.0490 e. The van der Waals surface area contributed by atoms with Gasteiger partial charge in [0.1, 0.15) is 0 Å². The van der Waals surface area contributed by atoms with Crippen LogP contribution >= 0.6 is 0 Å². The first kappa shape index (κ1) is 12.4. The molecule has 94 valence electrons. The van der Waals surface area contributed by atoms with Crippen LogP contribution in [0.1, 0.15) is 57.8 Å². The van der Waals surface area contributed by atoms with E-state index in [9.17, 15) is 10.2 Å². The highest BCUT2D eigenvalue weighted by Crippen LogP contribution is 2.49. The summed E-state index contributed by atoms with van der Waals surface area (Å²) >= 11 is 0. The molecule has 0 radical (unpaired) electrons. The lowest BCUT2D eigenvalue weighted by Gasteiger charge is -2.46. The molecule has 0 heterocycles. The van der Waals surface area contributed by atoms with Crippen molar-refractivity contribution in [3.8, 4) is 0 Å². The standard InChI is InChI=1S/C14H26O2/c15-10-12-6-8-14(11-16,9-7-12)13-4-2-1-3-5-13/h12-13,15-16H,1-11H2. The molecule has 0 atom stereocenters. The molecular formula is C14H26O2. The van der Waals surface area contributed by atoms with Crippen molar-refractivity contribution in [2.24, 2.45) is 17.3 Å². The molecule has 2 N–H and O–H groups in total. The van der Waals surface area contributed by atoms with Crippen LogP contribution < -0.4 is 0 Å². The van der Waals surface area contributed by atoms with Crippen LogP contribution in [0.2, 0.25) is 0 Å². The summed E-state index contributed by atoms with van der Waals surface area (Å²) in [6.07, 6.45) is 11.3. The summed E-state index contributed by atoms with van der Waals surface area (Å²) in [5.74, 6) is 1.26. The molecule has 0 amide bonds. The van der Waals surface area contributed by atoms with Gasteiger partial charge in [-0.1, -0.05) is 19.3 Å². The van der Waals surface area contributed by atoms with E-state index < -0.39 is 0 Å². The van der Waals surface area contributed by atoms with Crippen molar-refractivity contribution in [2.75, 3.05) is 13.2 Å². The highest BCUT2D eigenvalue weighted by Gasteiger charge is 2.41. The van der Waals surface area contributed by atoms with Crippen LogP contribution in [0.15, 0.2) is 0 Å². The maximum absolute atomic E-state index is 9.79. The van der Waals surface area contributed by atoms with Gasteiger partial charge in [-0.05, 0) is 55.8 Å². The van der Waals surface area contributed by atoms with Crippen LogP contribution in [-0.2, 0) is 0 Å². The number of aliphatic hydroxyl groups is 2. The highest BCUT2D eigenvalue weighted by molar-refractivity contribution is 4.91. The highest BCUT2D eigenvalue weighted by atomic mass is 16.3. The topological polar surface area (TPSA) is 40.5 Å². The maximum atomic E-state index is 9.79. The second-order valence-corrected chi connectivity index (χ2v) is 5.98. The van der Waals surface area contributed by atoms with E-state index in [0.29, 0.717) is 19.1 Å². The Morgan fingerprint density at radius 2 is 1.50 bits per heavy atom. The summed E-state index contributed by atoms with van der Waals surface area (Å²) in [4.78, 5) is 0. The fraction of sp³-hybridized carbons (Fsp3) is 1.00. The molecule has 2 rings (SSSR count). The molecular weight excluding hydrogens is 200 g/mol. The van der Waals surface area contributed by atoms with E-state index in [2.05, 4.69) is 0 Å². The van der Waals surface area contributed by atoms with Crippen molar-refractivity contribution in [3.63, 3.8) is 0 Å². The Balaban J connectivity index is 1.96. The molecule has 0 aliphatic heterocycles. The van der Waals surface area contributed by atoms with Gasteiger partial charge in [0.2, 0.25) is 0 Å². The second-order valence-electron chi connectivity index (χ2n) is 5.98. The fourth-order valence-electron chi connectivity index (χ4n) is 3.85. The Hall–Kier alpha value is -0.0800. The number of hydrogen-bond acceptors (Lipinski definition) is 2. The minimum Gasteiger partial charge on any atom is -0.396 e. The first-order chi connectivity index (χ1) is 7.80. The fourth-order valence-corrected chi connectivity index (χ4v) is 3.85. The van der Waals surface area contributed by atoms with Crippen molar-refractivity contribution in [1.82, 2.24) is 0 Å². The van der Waals surface area contributed by atoms with Gasteiger partial charge in [-0.15, -0.1) is 0 Å². The SMILES string of the molecule is OCC1CCC(CO)(C2CCCCC2)CC1. The third-order valence-corrected chi connectivity index (χ3v) is 5.15. The second kappa shape index (κ2) is 5.50. The lowest BCUT2D eigenvalue weighted by atomic mass is 9.60. The average Bonchev–Trinajstić information content (AvgIpc) is 2.40. The zero-order valence-corrected chi connectivity index (χ0v) is 10.3. The van der Waals surface area contributed by atoms with Crippen LogP contribution in [0, 0.1) is 17.3 Å². The van der Waals surface area contributed by atoms with E-state index in [1.165, 1.54) is 32.1 Å². The molecule has 2 heteroatoms. The Morgan fingerprint density at radius 1 is 0.875 bits per heavy atom. The molecule has 2 aliphatic rings. The molecule has 0 aromatic carbocycles. The van der Waals surface area contributed by atoms with Crippen molar-refractivity contribution in [2.45, 2.75) is 57.8 Å². The van der Waals surface area contributed by atoms with E-state index in [0.717, 1.165) is 31.6 Å². The van der Waals surface area contributed by atoms with Crippen molar-refractivity contribution in [1.29, 1.82) is 0 Å². The Bertz CT molecular complexity index is 201. The monoisotopic (exact) mass is 226 g/mol. The summed E-state index contributed by atoms with van der Waals surface area (Å²) in [6.45, 7) is 0.710. The van der Waals surface area contributed by atoms with Gasteiger partial charge < -0.3 is 10.2 Å². The first-order valence-corrected chi connectivity index (χ1v) is 7.02. The van der Waals surface area contributed by atoms with Crippen LogP contribution in [0.4, 0.5) is 0 Å². The van der Waals surface area contributed by atoms with Gasteiger partial charge in [0.05, 0.1) is 0 Å². The molecule has 0 saturated heterocycles. The minimum absolute atomic E-state index is 0.214. The van der Waals surface area contributed by atoms with E-state index in [-0.39, 0.29) is 5.41 Å². The lowest BCUT2D eigenvalue weighted by Crippen LogP contribution is -2.39. The zero-order chi connectivity index (χ0) is 11.4. The first-order valence-electron chi connectivity index (χ1n) is 7.02. The van der Waals surface area contributed by atoms with Crippen molar-refractivity contribution < 1.29 is 10.2 Å². The zero-order valence-electron chi connectivity index (χ0n) is 10.3. The number of hydrogen-bond donors (Lipinski definition) is 2. The van der Waals surface area contributed by atoms with Gasteiger partial charge in [0, 0.05) is 13.2 Å². The van der Waals surface area contributed by atoms with E-state index in [1.807, 2.05) is 0 Å². The van der Waals surface area contributed by atoms with Gasteiger partial charge in [0.25, 0.3) is 0 Å². The summed E-state index contributed by atoms with van der Waals surface area (Å²) in [5.41, 5.74) is 0.214. The Labute approximate surface area is 99.1 Å². The van der Waals surface area contributed by atoms with E-state index in [4.69, 9.17) is 0 Å². The van der Waals surface area contributed by atoms with Crippen LogP contribution in [0.5, 0.6) is 0 Å². The molecule has 2 fully saturated rings. The average molecular weight is 226 g/mol. The molecule has 2 aliphatic carbocycles. The summed E-state index contributed by atoms with van der Waals surface area (Å²) in [6, 6.07) is 0. The Kier molecular flexibility index (Phi) is 4.26. The predicted molar refractivity (Wildman–Crippen MR) is 65.1 cm³/mol. The van der Waals surface area contributed by atoms with Crippen LogP contribution in [0.25, 0.3) is 0 Å². The summed E-state index contributed by atoms with van der Waals surface area (Å²) in [5, 5.41) is 19.0. The Morgan fingerprint density at radius 3 is 2.00 bits per heavy atom. The minimum atomic E-state index is 0.214. The van der Waals surface area contributed by atoms with Gasteiger partial charge in [-0.2, -0.15) is 0 Å². The van der Waals surface area contributed by atoms with Crippen LogP contribution in [-0.4, -0.2) is 23.4 Å². The van der Waals surface area contributed by atoms with E-state index >= 15 is 0 Å². The third kappa shape index (κ3) is 2.43. The molecule has 0 bridgehead atoms. The third-order valence-electron chi connectivity index (χ3n) is 5.15. The van der Waals surface area contributed by atoms with Gasteiger partial charge in [-0.3, -0.25) is 0 Å². The van der Waals surface area contributed by atoms with Crippen molar-refractivity contribution >= 4 is 0 Å². The smallest absolute Gasteiger partial charge is 0.0490 e. The molecule has 0 aromatic rings. The molecule has 16 heavy (non-hydrogen) atoms. The quantitative estimate of drug-likeness (QED) is 0.777. The summed E-state index contributed by atoms with van der Waals surface area (Å²) < 4.78 is 0. The molecule has 2 nitrogen and oxygen atoms in total. The predicted octanol–water partition coefficient (Wildman–Crippen LogP) is 2.73. The van der Waals surface area contributed by atoms with Crippen molar-refractivity contribution in [3.05, 3.63) is 0 Å². The van der Waals surface area contributed by atoms with Crippen LogP contribution in [0.3, 0.4) is 0 Å². The molecule has 0 aromatic heterocycles. The van der Waals surface area contributed by atoms with Gasteiger partial charge in [0.15, 0.2) is 0 Å². The van der Waals surface area contributed by atoms with Gasteiger partial charge in [-0.25, -0.2) is 0 Å². The molecule has 0 unspecified atom stereocenters. The largest absolute Gasteiger partial charge is 0.396 e. The molecule has 2 saturated carbocycles. The molecule has 0 spiro atoms. The lowest BCUT2D eigenvalue weighted by molar-refractivity contribution is -0.0130. The number of rotatable bonds is 3.